The van der Waals surface area contributed by atoms with Crippen LogP contribution in [0.25, 0.3) is 0 Å². The number of benzene rings is 1. The van der Waals surface area contributed by atoms with Crippen LogP contribution in [0.15, 0.2) is 23.1 Å². The van der Waals surface area contributed by atoms with Gasteiger partial charge in [0.25, 0.3) is 0 Å². The van der Waals surface area contributed by atoms with Gasteiger partial charge in [-0.2, -0.15) is 0 Å². The summed E-state index contributed by atoms with van der Waals surface area (Å²) in [5.41, 5.74) is 0.256. The van der Waals surface area contributed by atoms with Gasteiger partial charge in [-0.05, 0) is 30.5 Å². The van der Waals surface area contributed by atoms with Gasteiger partial charge in [0.15, 0.2) is 9.84 Å². The minimum Gasteiger partial charge on any atom is -0.392 e. The fourth-order valence-corrected chi connectivity index (χ4v) is 5.33. The predicted molar refractivity (Wildman–Crippen MR) is 74.3 cm³/mol. The Balaban J connectivity index is 2.22. The number of nitrogens with one attached hydrogen (secondary N) is 1. The first kappa shape index (κ1) is 16.3. The molecule has 0 amide bonds. The van der Waals surface area contributed by atoms with Crippen LogP contribution in [0.3, 0.4) is 0 Å². The first-order valence-electron chi connectivity index (χ1n) is 6.35. The molecule has 1 unspecified atom stereocenters. The van der Waals surface area contributed by atoms with E-state index in [0.717, 1.165) is 12.1 Å². The molecule has 118 valence electrons. The molecule has 1 atom stereocenters. The van der Waals surface area contributed by atoms with E-state index in [0.29, 0.717) is 12.8 Å². The Hall–Kier alpha value is -1.03. The second-order valence-electron chi connectivity index (χ2n) is 5.00. The molecule has 21 heavy (non-hydrogen) atoms. The van der Waals surface area contributed by atoms with E-state index in [1.807, 2.05) is 0 Å². The van der Waals surface area contributed by atoms with Crippen LogP contribution in [0, 0.1) is 5.82 Å². The van der Waals surface area contributed by atoms with Crippen molar-refractivity contribution in [1.29, 1.82) is 0 Å². The third-order valence-electron chi connectivity index (χ3n) is 3.25. The van der Waals surface area contributed by atoms with Crippen LogP contribution in [-0.4, -0.2) is 39.5 Å². The van der Waals surface area contributed by atoms with Crippen LogP contribution >= 0.6 is 0 Å². The molecule has 0 radical (unpaired) electrons. The van der Waals surface area contributed by atoms with Gasteiger partial charge in [0, 0.05) is 6.04 Å². The van der Waals surface area contributed by atoms with Crippen molar-refractivity contribution in [2.75, 3.05) is 11.5 Å². The topological polar surface area (TPSA) is 101 Å². The monoisotopic (exact) mass is 337 g/mol. The lowest BCUT2D eigenvalue weighted by Gasteiger charge is -2.23. The predicted octanol–water partition coefficient (Wildman–Crippen LogP) is 0.173. The molecule has 1 heterocycles. The van der Waals surface area contributed by atoms with Gasteiger partial charge in [-0.1, -0.05) is 6.07 Å². The zero-order valence-corrected chi connectivity index (χ0v) is 12.8. The third kappa shape index (κ3) is 4.00. The minimum atomic E-state index is -4.14. The highest BCUT2D eigenvalue weighted by Crippen LogP contribution is 2.19. The fraction of sp³-hybridized carbons (Fsp3) is 0.500. The number of sulfonamides is 1. The molecule has 0 saturated carbocycles. The van der Waals surface area contributed by atoms with Crippen LogP contribution in [0.4, 0.5) is 4.39 Å². The van der Waals surface area contributed by atoms with Crippen LogP contribution in [0.2, 0.25) is 0 Å². The van der Waals surface area contributed by atoms with Crippen molar-refractivity contribution in [3.63, 3.8) is 0 Å². The molecule has 0 spiro atoms. The Labute approximate surface area is 123 Å². The van der Waals surface area contributed by atoms with Gasteiger partial charge in [0.2, 0.25) is 10.0 Å². The van der Waals surface area contributed by atoms with Crippen molar-refractivity contribution < 1.29 is 26.3 Å². The highest BCUT2D eigenvalue weighted by atomic mass is 32.2. The lowest BCUT2D eigenvalue weighted by Crippen LogP contribution is -2.43. The summed E-state index contributed by atoms with van der Waals surface area (Å²) in [6.07, 6.45) is 0.774. The second kappa shape index (κ2) is 5.99. The molecule has 1 aromatic carbocycles. The average molecular weight is 337 g/mol. The minimum absolute atomic E-state index is 0.0464. The van der Waals surface area contributed by atoms with Crippen molar-refractivity contribution >= 4 is 19.9 Å². The van der Waals surface area contributed by atoms with Gasteiger partial charge in [-0.25, -0.2) is 25.9 Å². The summed E-state index contributed by atoms with van der Waals surface area (Å²) in [4.78, 5) is -0.553. The summed E-state index contributed by atoms with van der Waals surface area (Å²) in [5.74, 6) is -1.21. The van der Waals surface area contributed by atoms with Crippen LogP contribution < -0.4 is 4.72 Å². The Morgan fingerprint density at radius 2 is 2.10 bits per heavy atom. The van der Waals surface area contributed by atoms with E-state index in [4.69, 9.17) is 5.11 Å². The summed E-state index contributed by atoms with van der Waals surface area (Å²) in [6.45, 7) is -0.397. The first-order chi connectivity index (χ1) is 9.73. The highest BCUT2D eigenvalue weighted by molar-refractivity contribution is 7.91. The summed E-state index contributed by atoms with van der Waals surface area (Å²) >= 11 is 0. The summed E-state index contributed by atoms with van der Waals surface area (Å²) in [7, 11) is -7.40. The highest BCUT2D eigenvalue weighted by Gasteiger charge is 2.29. The van der Waals surface area contributed by atoms with Crippen molar-refractivity contribution in [1.82, 2.24) is 4.72 Å². The number of halogens is 1. The molecule has 1 saturated heterocycles. The molecule has 1 aliphatic rings. The number of aliphatic hydroxyl groups excluding tert-OH is 1. The van der Waals surface area contributed by atoms with E-state index in [1.165, 1.54) is 6.07 Å². The normalized spacial score (nSPS) is 22.1. The quantitative estimate of drug-likeness (QED) is 0.816. The maximum absolute atomic E-state index is 13.8. The Bertz CT molecular complexity index is 730. The molecular formula is C12H16FNO5S2. The molecule has 0 aromatic heterocycles. The number of aliphatic hydroxyl groups is 1. The largest absolute Gasteiger partial charge is 0.392 e. The van der Waals surface area contributed by atoms with Crippen LogP contribution in [0.1, 0.15) is 18.4 Å². The lowest BCUT2D eigenvalue weighted by atomic mass is 10.2. The molecule has 9 heteroatoms. The van der Waals surface area contributed by atoms with Crippen molar-refractivity contribution in [2.24, 2.45) is 0 Å². The molecule has 1 fully saturated rings. The van der Waals surface area contributed by atoms with E-state index in [9.17, 15) is 21.2 Å². The molecule has 6 nitrogen and oxygen atoms in total. The molecule has 1 aliphatic heterocycles. The standard InChI is InChI=1S/C12H16FNO5S2/c13-11-6-9(7-15)3-4-12(11)21(18,19)14-10-2-1-5-20(16,17)8-10/h3-4,6,10,14-15H,1-2,5,7-8H2. The maximum atomic E-state index is 13.8. The Morgan fingerprint density at radius 3 is 2.67 bits per heavy atom. The number of hydrogen-bond donors (Lipinski definition) is 2. The Morgan fingerprint density at radius 1 is 1.38 bits per heavy atom. The van der Waals surface area contributed by atoms with E-state index < -0.39 is 43.2 Å². The number of hydrogen-bond acceptors (Lipinski definition) is 5. The summed E-state index contributed by atoms with van der Waals surface area (Å²) < 4.78 is 63.3. The molecular weight excluding hydrogens is 321 g/mol. The van der Waals surface area contributed by atoms with E-state index in [1.54, 1.807) is 0 Å². The smallest absolute Gasteiger partial charge is 0.243 e. The molecule has 1 aromatic rings. The number of sulfone groups is 1. The average Bonchev–Trinajstić information content (AvgIpc) is 2.36. The van der Waals surface area contributed by atoms with Gasteiger partial charge in [0.1, 0.15) is 10.7 Å². The van der Waals surface area contributed by atoms with E-state index >= 15 is 0 Å². The van der Waals surface area contributed by atoms with Gasteiger partial charge < -0.3 is 5.11 Å². The molecule has 0 bridgehead atoms. The molecule has 0 aliphatic carbocycles. The third-order valence-corrected chi connectivity index (χ3v) is 6.63. The SMILES string of the molecule is O=S1(=O)CCCC(NS(=O)(=O)c2ccc(CO)cc2F)C1. The second-order valence-corrected chi connectivity index (χ2v) is 8.91. The van der Waals surface area contributed by atoms with Crippen molar-refractivity contribution in [3.05, 3.63) is 29.6 Å². The van der Waals surface area contributed by atoms with Gasteiger partial charge in [0.05, 0.1) is 18.1 Å². The molecule has 2 rings (SSSR count). The van der Waals surface area contributed by atoms with Gasteiger partial charge in [-0.3, -0.25) is 0 Å². The molecule has 2 N–H and O–H groups in total. The van der Waals surface area contributed by atoms with E-state index in [2.05, 4.69) is 4.72 Å². The maximum Gasteiger partial charge on any atom is 0.243 e. The summed E-state index contributed by atoms with van der Waals surface area (Å²) in [6, 6.07) is 2.55. The van der Waals surface area contributed by atoms with Gasteiger partial charge in [-0.15, -0.1) is 0 Å². The first-order valence-corrected chi connectivity index (χ1v) is 9.66. The lowest BCUT2D eigenvalue weighted by molar-refractivity contribution is 0.281. The summed E-state index contributed by atoms with van der Waals surface area (Å²) in [5, 5.41) is 8.88. The van der Waals surface area contributed by atoms with Gasteiger partial charge >= 0.3 is 0 Å². The van der Waals surface area contributed by atoms with Crippen LogP contribution in [0.5, 0.6) is 0 Å². The van der Waals surface area contributed by atoms with Crippen LogP contribution in [-0.2, 0) is 26.5 Å². The Kier molecular flexibility index (Phi) is 4.66. The number of rotatable bonds is 4. The van der Waals surface area contributed by atoms with Crippen molar-refractivity contribution in [2.45, 2.75) is 30.4 Å². The van der Waals surface area contributed by atoms with Crippen molar-refractivity contribution in [3.8, 4) is 0 Å². The zero-order valence-electron chi connectivity index (χ0n) is 11.1. The van der Waals surface area contributed by atoms with E-state index in [-0.39, 0.29) is 17.1 Å². The fourth-order valence-electron chi connectivity index (χ4n) is 2.26. The zero-order chi connectivity index (χ0) is 15.7.